The van der Waals surface area contributed by atoms with E-state index in [0.29, 0.717) is 10.0 Å². The van der Waals surface area contributed by atoms with Crippen LogP contribution in [0, 0.1) is 0 Å². The molecule has 0 radical (unpaired) electrons. The van der Waals surface area contributed by atoms with Crippen LogP contribution in [0.1, 0.15) is 23.5 Å². The third kappa shape index (κ3) is 3.50. The summed E-state index contributed by atoms with van der Waals surface area (Å²) in [5.74, 6) is -0.229. The van der Waals surface area contributed by atoms with Crippen molar-refractivity contribution < 1.29 is 4.79 Å². The van der Waals surface area contributed by atoms with Crippen LogP contribution in [0.3, 0.4) is 0 Å². The van der Waals surface area contributed by atoms with Crippen molar-refractivity contribution >= 4 is 40.0 Å². The summed E-state index contributed by atoms with van der Waals surface area (Å²) in [6, 6.07) is 14.8. The number of rotatable bonds is 4. The minimum absolute atomic E-state index is 0.162. The molecule has 0 aliphatic rings. The zero-order valence-electron chi connectivity index (χ0n) is 9.95. The summed E-state index contributed by atoms with van der Waals surface area (Å²) >= 11 is 18.0. The van der Waals surface area contributed by atoms with Crippen molar-refractivity contribution in [1.29, 1.82) is 0 Å². The number of carbonyl (C=O) groups is 1. The molecule has 0 aliphatic heterocycles. The molecule has 0 atom stereocenters. The minimum Gasteiger partial charge on any atom is -0.281 e. The average molecular weight is 314 g/mol. The normalized spacial score (nSPS) is 10.7. The second-order valence-electron chi connectivity index (χ2n) is 4.15. The number of hydrogen-bond acceptors (Lipinski definition) is 1. The molecule has 0 bridgehead atoms. The van der Waals surface area contributed by atoms with Crippen molar-refractivity contribution in [2.75, 3.05) is 0 Å². The predicted octanol–water partition coefficient (Wildman–Crippen LogP) is 5.28. The van der Waals surface area contributed by atoms with Crippen LogP contribution in [0.4, 0.5) is 0 Å². The van der Waals surface area contributed by atoms with E-state index < -0.39 is 5.24 Å². The van der Waals surface area contributed by atoms with Gasteiger partial charge < -0.3 is 0 Å². The fourth-order valence-corrected chi connectivity index (χ4v) is 2.75. The van der Waals surface area contributed by atoms with Crippen molar-refractivity contribution in [2.45, 2.75) is 12.3 Å². The molecule has 19 heavy (non-hydrogen) atoms. The van der Waals surface area contributed by atoms with E-state index in [1.807, 2.05) is 36.4 Å². The standard InChI is InChI=1S/C15H11Cl3O/c16-13-7-3-1-5-10(13)12(9-15(18)19)11-6-2-4-8-14(11)17/h1-8,12H,9H2. The van der Waals surface area contributed by atoms with E-state index in [-0.39, 0.29) is 12.3 Å². The first kappa shape index (κ1) is 14.4. The highest BCUT2D eigenvalue weighted by Crippen LogP contribution is 2.36. The van der Waals surface area contributed by atoms with Gasteiger partial charge in [-0.2, -0.15) is 0 Å². The molecule has 98 valence electrons. The lowest BCUT2D eigenvalue weighted by Gasteiger charge is -2.18. The van der Waals surface area contributed by atoms with Gasteiger partial charge in [-0.25, -0.2) is 0 Å². The molecule has 0 unspecified atom stereocenters. The molecule has 0 fully saturated rings. The van der Waals surface area contributed by atoms with Gasteiger partial charge in [0.25, 0.3) is 0 Å². The van der Waals surface area contributed by atoms with E-state index in [4.69, 9.17) is 34.8 Å². The van der Waals surface area contributed by atoms with Gasteiger partial charge in [-0.3, -0.25) is 4.79 Å². The lowest BCUT2D eigenvalue weighted by atomic mass is 9.89. The van der Waals surface area contributed by atoms with Gasteiger partial charge >= 0.3 is 0 Å². The van der Waals surface area contributed by atoms with Crippen LogP contribution < -0.4 is 0 Å². The summed E-state index contributed by atoms with van der Waals surface area (Å²) in [6.07, 6.45) is 0.162. The van der Waals surface area contributed by atoms with Crippen LogP contribution in [-0.4, -0.2) is 5.24 Å². The number of benzene rings is 2. The molecule has 0 amide bonds. The summed E-state index contributed by atoms with van der Waals surface area (Å²) in [5.41, 5.74) is 1.71. The molecular formula is C15H11Cl3O. The van der Waals surface area contributed by atoms with E-state index in [9.17, 15) is 4.79 Å². The third-order valence-electron chi connectivity index (χ3n) is 2.93. The Hall–Kier alpha value is -1.02. The Morgan fingerprint density at radius 2 is 1.32 bits per heavy atom. The Labute approximate surface area is 127 Å². The quantitative estimate of drug-likeness (QED) is 0.702. The largest absolute Gasteiger partial charge is 0.281 e. The molecule has 0 heterocycles. The number of carbonyl (C=O) groups excluding carboxylic acids is 1. The fraction of sp³-hybridized carbons (Fsp3) is 0.133. The lowest BCUT2D eigenvalue weighted by molar-refractivity contribution is -0.111. The molecule has 0 aromatic heterocycles. The monoisotopic (exact) mass is 312 g/mol. The average Bonchev–Trinajstić information content (AvgIpc) is 2.37. The minimum atomic E-state index is -0.412. The first-order valence-corrected chi connectivity index (χ1v) is 6.90. The summed E-state index contributed by atoms with van der Waals surface area (Å²) in [4.78, 5) is 11.3. The summed E-state index contributed by atoms with van der Waals surface area (Å²) < 4.78 is 0. The zero-order chi connectivity index (χ0) is 13.8. The Morgan fingerprint density at radius 1 is 0.895 bits per heavy atom. The molecule has 1 nitrogen and oxygen atoms in total. The topological polar surface area (TPSA) is 17.1 Å². The maximum absolute atomic E-state index is 11.3. The number of halogens is 3. The fourth-order valence-electron chi connectivity index (χ4n) is 2.06. The molecular weight excluding hydrogens is 303 g/mol. The molecule has 0 aliphatic carbocycles. The second kappa shape index (κ2) is 6.42. The van der Waals surface area contributed by atoms with Crippen LogP contribution in [0.2, 0.25) is 10.0 Å². The van der Waals surface area contributed by atoms with Crippen LogP contribution in [0.25, 0.3) is 0 Å². The van der Waals surface area contributed by atoms with Crippen molar-refractivity contribution in [2.24, 2.45) is 0 Å². The molecule has 2 aromatic carbocycles. The second-order valence-corrected chi connectivity index (χ2v) is 5.39. The van der Waals surface area contributed by atoms with Gasteiger partial charge in [0.1, 0.15) is 0 Å². The molecule has 4 heteroatoms. The van der Waals surface area contributed by atoms with Crippen molar-refractivity contribution in [1.82, 2.24) is 0 Å². The molecule has 0 spiro atoms. The molecule has 0 N–H and O–H groups in total. The number of hydrogen-bond donors (Lipinski definition) is 0. The maximum Gasteiger partial charge on any atom is 0.222 e. The van der Waals surface area contributed by atoms with E-state index in [1.165, 1.54) is 0 Å². The Morgan fingerprint density at radius 3 is 1.68 bits per heavy atom. The highest BCUT2D eigenvalue weighted by Gasteiger charge is 2.21. The predicted molar refractivity (Wildman–Crippen MR) is 80.2 cm³/mol. The van der Waals surface area contributed by atoms with Crippen LogP contribution in [0.5, 0.6) is 0 Å². The van der Waals surface area contributed by atoms with Crippen LogP contribution in [-0.2, 0) is 4.79 Å². The Bertz CT molecular complexity index is 550. The molecule has 2 aromatic rings. The smallest absolute Gasteiger partial charge is 0.222 e. The Kier molecular flexibility index (Phi) is 4.87. The van der Waals surface area contributed by atoms with Crippen molar-refractivity contribution in [3.63, 3.8) is 0 Å². The van der Waals surface area contributed by atoms with E-state index in [0.717, 1.165) is 11.1 Å². The first-order valence-electron chi connectivity index (χ1n) is 5.76. The van der Waals surface area contributed by atoms with E-state index in [1.54, 1.807) is 12.1 Å². The van der Waals surface area contributed by atoms with Crippen LogP contribution in [0.15, 0.2) is 48.5 Å². The third-order valence-corrected chi connectivity index (χ3v) is 3.77. The molecule has 0 saturated heterocycles. The van der Waals surface area contributed by atoms with Crippen LogP contribution >= 0.6 is 34.8 Å². The summed E-state index contributed by atoms with van der Waals surface area (Å²) in [5, 5.41) is 0.792. The molecule has 2 rings (SSSR count). The highest BCUT2D eigenvalue weighted by molar-refractivity contribution is 6.63. The lowest BCUT2D eigenvalue weighted by Crippen LogP contribution is -2.06. The van der Waals surface area contributed by atoms with E-state index >= 15 is 0 Å². The first-order chi connectivity index (χ1) is 9.09. The zero-order valence-corrected chi connectivity index (χ0v) is 12.2. The van der Waals surface area contributed by atoms with Gasteiger partial charge in [-0.15, -0.1) is 0 Å². The van der Waals surface area contributed by atoms with Gasteiger partial charge in [0.05, 0.1) is 0 Å². The van der Waals surface area contributed by atoms with E-state index in [2.05, 4.69) is 0 Å². The highest BCUT2D eigenvalue weighted by atomic mass is 35.5. The van der Waals surface area contributed by atoms with Gasteiger partial charge in [0.2, 0.25) is 5.24 Å². The summed E-state index contributed by atoms with van der Waals surface area (Å²) in [7, 11) is 0. The van der Waals surface area contributed by atoms with Crippen molar-refractivity contribution in [3.8, 4) is 0 Å². The summed E-state index contributed by atoms with van der Waals surface area (Å²) in [6.45, 7) is 0. The van der Waals surface area contributed by atoms with Gasteiger partial charge in [0.15, 0.2) is 0 Å². The maximum atomic E-state index is 11.3. The van der Waals surface area contributed by atoms with Gasteiger partial charge in [0, 0.05) is 22.4 Å². The van der Waals surface area contributed by atoms with Crippen molar-refractivity contribution in [3.05, 3.63) is 69.7 Å². The van der Waals surface area contributed by atoms with Gasteiger partial charge in [-0.1, -0.05) is 59.6 Å². The molecule has 0 saturated carbocycles. The van der Waals surface area contributed by atoms with Gasteiger partial charge in [-0.05, 0) is 34.9 Å². The SMILES string of the molecule is O=C(Cl)CC(c1ccccc1Cl)c1ccccc1Cl. The Balaban J connectivity index is 2.51.